The van der Waals surface area contributed by atoms with E-state index in [2.05, 4.69) is 15.8 Å². The molecule has 0 bridgehead atoms. The van der Waals surface area contributed by atoms with Crippen LogP contribution in [0.4, 0.5) is 10.5 Å². The van der Waals surface area contributed by atoms with E-state index in [1.165, 1.54) is 0 Å². The molecule has 3 atom stereocenters. The molecule has 9 nitrogen and oxygen atoms in total. The molecule has 0 aliphatic carbocycles. The minimum Gasteiger partial charge on any atom is -0.497 e. The molecule has 1 aromatic heterocycles. The Morgan fingerprint density at radius 1 is 1.31 bits per heavy atom. The maximum Gasteiger partial charge on any atom is 0.319 e. The molecule has 1 aromatic carbocycles. The van der Waals surface area contributed by atoms with Gasteiger partial charge < -0.3 is 34.5 Å². The molecular formula is C20H27N3O6. The lowest BCUT2D eigenvalue weighted by Gasteiger charge is -2.33. The number of carbonyl (C=O) groups is 1. The van der Waals surface area contributed by atoms with E-state index in [0.717, 1.165) is 5.69 Å². The van der Waals surface area contributed by atoms with Gasteiger partial charge in [-0.2, -0.15) is 0 Å². The Hall–Kier alpha value is -2.62. The first kappa shape index (κ1) is 21.1. The Morgan fingerprint density at radius 3 is 2.97 bits per heavy atom. The number of ether oxygens (including phenoxy) is 3. The molecule has 0 spiro atoms. The van der Waals surface area contributed by atoms with Gasteiger partial charge in [-0.3, -0.25) is 0 Å². The van der Waals surface area contributed by atoms with Gasteiger partial charge in [-0.25, -0.2) is 4.79 Å². The summed E-state index contributed by atoms with van der Waals surface area (Å²) in [6, 6.07) is 8.53. The number of aliphatic hydroxyl groups is 1. The minimum absolute atomic E-state index is 0.104. The molecule has 3 unspecified atom stereocenters. The second-order valence-electron chi connectivity index (χ2n) is 6.93. The van der Waals surface area contributed by atoms with Crippen molar-refractivity contribution in [2.24, 2.45) is 0 Å². The molecule has 158 valence electrons. The minimum atomic E-state index is -0.635. The molecule has 2 amide bonds. The fourth-order valence-corrected chi connectivity index (χ4v) is 3.25. The second kappa shape index (κ2) is 10.2. The number of nitrogens with one attached hydrogen (secondary N) is 2. The number of nitrogens with zero attached hydrogens (tertiary/aromatic N) is 1. The predicted octanol–water partition coefficient (Wildman–Crippen LogP) is 2.10. The maximum absolute atomic E-state index is 12.2. The van der Waals surface area contributed by atoms with Crippen molar-refractivity contribution in [3.8, 4) is 5.75 Å². The fraction of sp³-hybridized carbons (Fsp3) is 0.500. The predicted molar refractivity (Wildman–Crippen MR) is 105 cm³/mol. The van der Waals surface area contributed by atoms with E-state index >= 15 is 0 Å². The summed E-state index contributed by atoms with van der Waals surface area (Å²) in [6.07, 6.45) is 0.649. The van der Waals surface area contributed by atoms with Crippen LogP contribution in [0.3, 0.4) is 0 Å². The van der Waals surface area contributed by atoms with Crippen molar-refractivity contribution >= 4 is 11.7 Å². The molecule has 3 N–H and O–H groups in total. The van der Waals surface area contributed by atoms with Crippen molar-refractivity contribution in [2.45, 2.75) is 44.2 Å². The van der Waals surface area contributed by atoms with Gasteiger partial charge in [0.05, 0.1) is 25.0 Å². The Labute approximate surface area is 169 Å². The van der Waals surface area contributed by atoms with E-state index < -0.39 is 12.2 Å². The smallest absolute Gasteiger partial charge is 0.319 e. The van der Waals surface area contributed by atoms with Crippen LogP contribution in [0.15, 0.2) is 34.9 Å². The monoisotopic (exact) mass is 405 g/mol. The summed E-state index contributed by atoms with van der Waals surface area (Å²) in [4.78, 5) is 12.2. The van der Waals surface area contributed by atoms with Gasteiger partial charge in [0, 0.05) is 37.9 Å². The van der Waals surface area contributed by atoms with Crippen LogP contribution in [0, 0.1) is 0 Å². The lowest BCUT2D eigenvalue weighted by molar-refractivity contribution is -0.113. The maximum atomic E-state index is 12.2. The Balaban J connectivity index is 1.47. The van der Waals surface area contributed by atoms with Gasteiger partial charge in [-0.15, -0.1) is 0 Å². The summed E-state index contributed by atoms with van der Waals surface area (Å²) in [7, 11) is 3.16. The highest BCUT2D eigenvalue weighted by molar-refractivity contribution is 5.89. The summed E-state index contributed by atoms with van der Waals surface area (Å²) in [6.45, 7) is 0.563. The molecule has 29 heavy (non-hydrogen) atoms. The summed E-state index contributed by atoms with van der Waals surface area (Å²) < 4.78 is 21.3. The third-order valence-electron chi connectivity index (χ3n) is 4.70. The number of aliphatic hydroxyl groups excluding tert-OH is 1. The highest BCUT2D eigenvalue weighted by Crippen LogP contribution is 2.23. The topological polar surface area (TPSA) is 115 Å². The quantitative estimate of drug-likeness (QED) is 0.616. The number of methoxy groups -OCH3 is 2. The molecule has 3 rings (SSSR count). The first-order valence-corrected chi connectivity index (χ1v) is 9.53. The van der Waals surface area contributed by atoms with Crippen molar-refractivity contribution in [3.63, 3.8) is 0 Å². The van der Waals surface area contributed by atoms with E-state index in [4.69, 9.17) is 18.7 Å². The summed E-state index contributed by atoms with van der Waals surface area (Å²) >= 11 is 0. The summed E-state index contributed by atoms with van der Waals surface area (Å²) in [5.41, 5.74) is 1.39. The number of urea groups is 1. The first-order chi connectivity index (χ1) is 14.1. The van der Waals surface area contributed by atoms with Crippen LogP contribution in [0.1, 0.15) is 24.3 Å². The van der Waals surface area contributed by atoms with Crippen molar-refractivity contribution in [1.29, 1.82) is 0 Å². The van der Waals surface area contributed by atoms with Gasteiger partial charge in [0.25, 0.3) is 0 Å². The zero-order chi connectivity index (χ0) is 20.6. The largest absolute Gasteiger partial charge is 0.497 e. The fourth-order valence-electron chi connectivity index (χ4n) is 3.25. The van der Waals surface area contributed by atoms with Gasteiger partial charge in [-0.1, -0.05) is 11.2 Å². The van der Waals surface area contributed by atoms with Crippen molar-refractivity contribution < 1.29 is 28.6 Å². The number of rotatable bonds is 8. The van der Waals surface area contributed by atoms with Crippen LogP contribution < -0.4 is 15.4 Å². The third-order valence-corrected chi connectivity index (χ3v) is 4.70. The SMILES string of the molecule is COCc1cc(CC2CCC(O)C(CNC(=O)Nc3cccc(OC)c3)O2)no1. The number of anilines is 1. The molecule has 1 saturated heterocycles. The Morgan fingerprint density at radius 2 is 2.17 bits per heavy atom. The summed E-state index contributed by atoms with van der Waals surface area (Å²) in [5.74, 6) is 1.31. The molecule has 1 aliphatic heterocycles. The van der Waals surface area contributed by atoms with E-state index in [1.54, 1.807) is 38.5 Å². The molecule has 9 heteroatoms. The Bertz CT molecular complexity index is 796. The number of amides is 2. The van der Waals surface area contributed by atoms with Gasteiger partial charge in [0.1, 0.15) is 18.5 Å². The molecule has 1 aliphatic rings. The van der Waals surface area contributed by atoms with Crippen LogP contribution in [0.25, 0.3) is 0 Å². The zero-order valence-electron chi connectivity index (χ0n) is 16.6. The third kappa shape index (κ3) is 6.18. The Kier molecular flexibility index (Phi) is 7.45. The van der Waals surface area contributed by atoms with E-state index in [1.807, 2.05) is 6.07 Å². The molecule has 2 heterocycles. The molecule has 0 radical (unpaired) electrons. The molecule has 0 saturated carbocycles. The number of carbonyl (C=O) groups excluding carboxylic acids is 1. The van der Waals surface area contributed by atoms with Crippen LogP contribution >= 0.6 is 0 Å². The average molecular weight is 405 g/mol. The number of benzene rings is 1. The van der Waals surface area contributed by atoms with Crippen LogP contribution in [0.2, 0.25) is 0 Å². The second-order valence-corrected chi connectivity index (χ2v) is 6.93. The highest BCUT2D eigenvalue weighted by Gasteiger charge is 2.30. The van der Waals surface area contributed by atoms with Crippen LogP contribution in [0.5, 0.6) is 5.75 Å². The number of hydrogen-bond acceptors (Lipinski definition) is 7. The van der Waals surface area contributed by atoms with Gasteiger partial charge in [-0.05, 0) is 25.0 Å². The zero-order valence-corrected chi connectivity index (χ0v) is 16.6. The van der Waals surface area contributed by atoms with Crippen molar-refractivity contribution in [1.82, 2.24) is 10.5 Å². The normalized spacial score (nSPS) is 21.6. The lowest BCUT2D eigenvalue weighted by Crippen LogP contribution is -2.47. The van der Waals surface area contributed by atoms with Gasteiger partial charge in [0.2, 0.25) is 0 Å². The van der Waals surface area contributed by atoms with Gasteiger partial charge in [0.15, 0.2) is 5.76 Å². The van der Waals surface area contributed by atoms with Gasteiger partial charge >= 0.3 is 6.03 Å². The number of aromatic nitrogens is 1. The molecular weight excluding hydrogens is 378 g/mol. The summed E-state index contributed by atoms with van der Waals surface area (Å²) in [5, 5.41) is 19.7. The molecule has 2 aromatic rings. The first-order valence-electron chi connectivity index (χ1n) is 9.53. The lowest BCUT2D eigenvalue weighted by atomic mass is 9.98. The standard InChI is InChI=1S/C20H27N3O6/c1-26-12-17-10-14(23-29-17)9-16-6-7-18(24)19(28-16)11-21-20(25)22-13-4-3-5-15(8-13)27-2/h3-5,8,10,16,18-19,24H,6-7,9,11-12H2,1-2H3,(H2,21,22,25). The average Bonchev–Trinajstić information content (AvgIpc) is 3.15. The van der Waals surface area contributed by atoms with E-state index in [0.29, 0.717) is 43.1 Å². The highest BCUT2D eigenvalue weighted by atomic mass is 16.5. The van der Waals surface area contributed by atoms with Crippen molar-refractivity contribution in [2.75, 3.05) is 26.1 Å². The van der Waals surface area contributed by atoms with Crippen molar-refractivity contribution in [3.05, 3.63) is 41.8 Å². The molecule has 1 fully saturated rings. The number of hydrogen-bond donors (Lipinski definition) is 3. The van der Waals surface area contributed by atoms with Crippen LogP contribution in [-0.2, 0) is 22.5 Å². The van der Waals surface area contributed by atoms with E-state index in [9.17, 15) is 9.90 Å². The van der Waals surface area contributed by atoms with E-state index in [-0.39, 0.29) is 18.7 Å². The van der Waals surface area contributed by atoms with Crippen LogP contribution in [-0.4, -0.2) is 55.4 Å².